The van der Waals surface area contributed by atoms with Crippen molar-refractivity contribution < 1.29 is 9.53 Å². The van der Waals surface area contributed by atoms with E-state index in [1.54, 1.807) is 37.4 Å². The van der Waals surface area contributed by atoms with Gasteiger partial charge in [0.2, 0.25) is 5.91 Å². The molecule has 0 spiro atoms. The van der Waals surface area contributed by atoms with Crippen molar-refractivity contribution >= 4 is 11.6 Å². The van der Waals surface area contributed by atoms with Gasteiger partial charge in [0.25, 0.3) is 5.56 Å². The summed E-state index contributed by atoms with van der Waals surface area (Å²) in [5.41, 5.74) is 1.23. The highest BCUT2D eigenvalue weighted by atomic mass is 16.5. The number of carbonyl (C=O) groups is 1. The zero-order valence-corrected chi connectivity index (χ0v) is 12.3. The van der Waals surface area contributed by atoms with Gasteiger partial charge in [-0.05, 0) is 31.0 Å². The van der Waals surface area contributed by atoms with Gasteiger partial charge < -0.3 is 10.1 Å². The molecule has 1 aromatic carbocycles. The van der Waals surface area contributed by atoms with Crippen molar-refractivity contribution in [3.8, 4) is 5.75 Å². The van der Waals surface area contributed by atoms with Crippen molar-refractivity contribution in [3.05, 3.63) is 52.4 Å². The molecule has 1 aliphatic carbocycles. The lowest BCUT2D eigenvalue weighted by molar-refractivity contribution is -0.117. The Hall–Kier alpha value is -2.63. The van der Waals surface area contributed by atoms with E-state index in [-0.39, 0.29) is 18.0 Å². The first-order valence-electron chi connectivity index (χ1n) is 7.17. The fourth-order valence-corrected chi connectivity index (χ4v) is 2.21. The molecule has 6 heteroatoms. The van der Waals surface area contributed by atoms with E-state index in [1.165, 1.54) is 10.7 Å². The number of amides is 1. The Bertz CT molecular complexity index is 750. The predicted molar refractivity (Wildman–Crippen MR) is 82.1 cm³/mol. The van der Waals surface area contributed by atoms with Gasteiger partial charge in [0.1, 0.15) is 12.3 Å². The van der Waals surface area contributed by atoms with E-state index in [0.717, 1.165) is 18.5 Å². The molecule has 0 aliphatic heterocycles. The monoisotopic (exact) mass is 299 g/mol. The second-order valence-electron chi connectivity index (χ2n) is 5.31. The highest BCUT2D eigenvalue weighted by molar-refractivity contribution is 5.90. The lowest BCUT2D eigenvalue weighted by atomic mass is 10.3. The van der Waals surface area contributed by atoms with E-state index in [2.05, 4.69) is 10.4 Å². The molecule has 1 aliphatic rings. The number of nitrogens with one attached hydrogen (secondary N) is 1. The van der Waals surface area contributed by atoms with Crippen molar-refractivity contribution in [2.24, 2.45) is 0 Å². The average Bonchev–Trinajstić information content (AvgIpc) is 3.34. The lowest BCUT2D eigenvalue weighted by Gasteiger charge is -2.08. The molecule has 0 bridgehead atoms. The van der Waals surface area contributed by atoms with Crippen LogP contribution in [0.3, 0.4) is 0 Å². The number of hydrogen-bond donors (Lipinski definition) is 1. The molecule has 1 aromatic heterocycles. The largest absolute Gasteiger partial charge is 0.497 e. The third-order valence-electron chi connectivity index (χ3n) is 3.53. The van der Waals surface area contributed by atoms with Crippen molar-refractivity contribution in [1.82, 2.24) is 9.78 Å². The molecule has 0 radical (unpaired) electrons. The van der Waals surface area contributed by atoms with Crippen LogP contribution in [0, 0.1) is 0 Å². The van der Waals surface area contributed by atoms with E-state index < -0.39 is 0 Å². The molecule has 1 fully saturated rings. The van der Waals surface area contributed by atoms with Gasteiger partial charge in [0, 0.05) is 23.7 Å². The van der Waals surface area contributed by atoms with Gasteiger partial charge in [-0.15, -0.1) is 0 Å². The average molecular weight is 299 g/mol. The molecule has 1 N–H and O–H groups in total. The third kappa shape index (κ3) is 3.33. The maximum Gasteiger partial charge on any atom is 0.267 e. The van der Waals surface area contributed by atoms with E-state index in [1.807, 2.05) is 0 Å². The number of ether oxygens (including phenoxy) is 1. The first kappa shape index (κ1) is 14.3. The summed E-state index contributed by atoms with van der Waals surface area (Å²) in [7, 11) is 1.56. The highest BCUT2D eigenvalue weighted by Gasteiger charge is 2.25. The minimum Gasteiger partial charge on any atom is -0.497 e. The van der Waals surface area contributed by atoms with Crippen LogP contribution >= 0.6 is 0 Å². The summed E-state index contributed by atoms with van der Waals surface area (Å²) in [6.07, 6.45) is 2.20. The molecule has 3 rings (SSSR count). The van der Waals surface area contributed by atoms with Crippen LogP contribution in [0.15, 0.2) is 41.2 Å². The van der Waals surface area contributed by atoms with E-state index in [4.69, 9.17) is 4.74 Å². The highest BCUT2D eigenvalue weighted by Crippen LogP contribution is 2.38. The molecule has 0 unspecified atom stereocenters. The third-order valence-corrected chi connectivity index (χ3v) is 3.53. The Morgan fingerprint density at radius 2 is 2.18 bits per heavy atom. The number of methoxy groups -OCH3 is 1. The second-order valence-corrected chi connectivity index (χ2v) is 5.31. The number of benzene rings is 1. The Balaban J connectivity index is 1.71. The number of anilines is 1. The molecule has 1 amide bonds. The molecule has 22 heavy (non-hydrogen) atoms. The molecule has 0 atom stereocenters. The zero-order valence-electron chi connectivity index (χ0n) is 12.3. The summed E-state index contributed by atoms with van der Waals surface area (Å²) in [5, 5.41) is 7.01. The lowest BCUT2D eigenvalue weighted by Crippen LogP contribution is -2.29. The Labute approximate surface area is 127 Å². The molecule has 1 saturated carbocycles. The summed E-state index contributed by atoms with van der Waals surface area (Å²) in [4.78, 5) is 23.9. The van der Waals surface area contributed by atoms with Gasteiger partial charge in [0.05, 0.1) is 12.8 Å². The van der Waals surface area contributed by atoms with Crippen LogP contribution in [-0.2, 0) is 11.3 Å². The van der Waals surface area contributed by atoms with Crippen LogP contribution < -0.4 is 15.6 Å². The van der Waals surface area contributed by atoms with Gasteiger partial charge in [-0.2, -0.15) is 5.10 Å². The molecular formula is C16H17N3O3. The van der Waals surface area contributed by atoms with Crippen molar-refractivity contribution in [2.45, 2.75) is 25.3 Å². The van der Waals surface area contributed by atoms with Gasteiger partial charge in [-0.3, -0.25) is 9.59 Å². The number of hydrogen-bond acceptors (Lipinski definition) is 4. The quantitative estimate of drug-likeness (QED) is 0.913. The van der Waals surface area contributed by atoms with Crippen LogP contribution in [0.4, 0.5) is 5.69 Å². The molecular weight excluding hydrogens is 282 g/mol. The van der Waals surface area contributed by atoms with Gasteiger partial charge in [-0.1, -0.05) is 6.07 Å². The summed E-state index contributed by atoms with van der Waals surface area (Å²) < 4.78 is 6.32. The number of nitrogens with zero attached hydrogens (tertiary/aromatic N) is 2. The fraction of sp³-hybridized carbons (Fsp3) is 0.312. The zero-order chi connectivity index (χ0) is 15.5. The van der Waals surface area contributed by atoms with E-state index in [9.17, 15) is 9.59 Å². The van der Waals surface area contributed by atoms with Crippen LogP contribution in [0.2, 0.25) is 0 Å². The van der Waals surface area contributed by atoms with Crippen LogP contribution in [-0.4, -0.2) is 22.8 Å². The van der Waals surface area contributed by atoms with Gasteiger partial charge >= 0.3 is 0 Å². The first-order chi connectivity index (χ1) is 10.7. The van der Waals surface area contributed by atoms with Crippen molar-refractivity contribution in [2.75, 3.05) is 12.4 Å². The van der Waals surface area contributed by atoms with Gasteiger partial charge in [0.15, 0.2) is 0 Å². The SMILES string of the molecule is COc1cccc(NC(=O)Cn2nc(C3CC3)ccc2=O)c1. The molecule has 1 heterocycles. The summed E-state index contributed by atoms with van der Waals surface area (Å²) in [6, 6.07) is 10.3. The van der Waals surface area contributed by atoms with Crippen LogP contribution in [0.5, 0.6) is 5.75 Å². The summed E-state index contributed by atoms with van der Waals surface area (Å²) >= 11 is 0. The molecule has 2 aromatic rings. The maximum absolute atomic E-state index is 12.1. The number of carbonyl (C=O) groups excluding carboxylic acids is 1. The smallest absolute Gasteiger partial charge is 0.267 e. The Morgan fingerprint density at radius 3 is 2.91 bits per heavy atom. The van der Waals surface area contributed by atoms with Crippen LogP contribution in [0.25, 0.3) is 0 Å². The number of rotatable bonds is 5. The van der Waals surface area contributed by atoms with Gasteiger partial charge in [-0.25, -0.2) is 4.68 Å². The molecule has 0 saturated heterocycles. The minimum absolute atomic E-state index is 0.101. The topological polar surface area (TPSA) is 73.2 Å². The van der Waals surface area contributed by atoms with E-state index in [0.29, 0.717) is 17.4 Å². The summed E-state index contributed by atoms with van der Waals surface area (Å²) in [6.45, 7) is -0.101. The maximum atomic E-state index is 12.1. The minimum atomic E-state index is -0.296. The predicted octanol–water partition coefficient (Wildman–Crippen LogP) is 1.77. The second kappa shape index (κ2) is 6.01. The normalized spacial score (nSPS) is 13.7. The Kier molecular flexibility index (Phi) is 3.91. The Morgan fingerprint density at radius 1 is 1.36 bits per heavy atom. The van der Waals surface area contributed by atoms with Crippen molar-refractivity contribution in [1.29, 1.82) is 0 Å². The standard InChI is InChI=1S/C16H17N3O3/c1-22-13-4-2-3-12(9-13)17-15(20)10-19-16(21)8-7-14(18-19)11-5-6-11/h2-4,7-9,11H,5-6,10H2,1H3,(H,17,20). The van der Waals surface area contributed by atoms with Crippen LogP contribution in [0.1, 0.15) is 24.5 Å². The fourth-order valence-electron chi connectivity index (χ4n) is 2.21. The number of aromatic nitrogens is 2. The molecule has 114 valence electrons. The first-order valence-corrected chi connectivity index (χ1v) is 7.17. The summed E-state index contributed by atoms with van der Waals surface area (Å²) in [5.74, 6) is 0.799. The van der Waals surface area contributed by atoms with E-state index >= 15 is 0 Å². The van der Waals surface area contributed by atoms with Crippen molar-refractivity contribution in [3.63, 3.8) is 0 Å². The molecule has 6 nitrogen and oxygen atoms in total.